The lowest BCUT2D eigenvalue weighted by Gasteiger charge is -2.10. The number of nitrogens with zero attached hydrogens (tertiary/aromatic N) is 3. The summed E-state index contributed by atoms with van der Waals surface area (Å²) in [4.78, 5) is 17.6. The summed E-state index contributed by atoms with van der Waals surface area (Å²) >= 11 is 0. The number of benzene rings is 2. The number of halogens is 2. The summed E-state index contributed by atoms with van der Waals surface area (Å²) in [6.45, 7) is 1.80. The van der Waals surface area contributed by atoms with Crippen LogP contribution in [0.15, 0.2) is 60.4 Å². The number of hydrogen-bond donors (Lipinski definition) is 1. The Balaban J connectivity index is 1.37. The van der Waals surface area contributed by atoms with Gasteiger partial charge in [-0.3, -0.25) is 4.79 Å². The van der Waals surface area contributed by atoms with Gasteiger partial charge in [0.05, 0.1) is 29.4 Å². The number of aromatic nitrogens is 3. The van der Waals surface area contributed by atoms with Crippen LogP contribution in [0.25, 0.3) is 11.8 Å². The molecule has 11 heteroatoms. The van der Waals surface area contributed by atoms with Gasteiger partial charge >= 0.3 is 0 Å². The highest BCUT2D eigenvalue weighted by molar-refractivity contribution is 7.89. The van der Waals surface area contributed by atoms with Crippen LogP contribution in [-0.2, 0) is 22.0 Å². The lowest BCUT2D eigenvalue weighted by Crippen LogP contribution is -2.09. The molecule has 0 saturated heterocycles. The van der Waals surface area contributed by atoms with Crippen LogP contribution in [-0.4, -0.2) is 35.2 Å². The van der Waals surface area contributed by atoms with Gasteiger partial charge in [-0.1, -0.05) is 6.07 Å². The van der Waals surface area contributed by atoms with E-state index in [1.165, 1.54) is 53.5 Å². The van der Waals surface area contributed by atoms with E-state index in [1.807, 2.05) is 0 Å². The molecule has 8 nitrogen and oxygen atoms in total. The number of nitrogen functional groups attached to an aromatic ring is 1. The Labute approximate surface area is 217 Å². The van der Waals surface area contributed by atoms with Crippen molar-refractivity contribution in [1.29, 1.82) is 0 Å². The van der Waals surface area contributed by atoms with Gasteiger partial charge in [-0.25, -0.2) is 26.9 Å². The minimum Gasteiger partial charge on any atom is -0.439 e. The third kappa shape index (κ3) is 5.05. The number of aryl methyl sites for hydroxylation is 1. The van der Waals surface area contributed by atoms with E-state index >= 15 is 0 Å². The highest BCUT2D eigenvalue weighted by Gasteiger charge is 2.26. The fraction of sp³-hybridized carbons (Fsp3) is 0.148. The summed E-state index contributed by atoms with van der Waals surface area (Å²) in [5.74, 6) is -0.984. The third-order valence-corrected chi connectivity index (χ3v) is 6.94. The first-order valence-corrected chi connectivity index (χ1v) is 13.5. The number of ether oxygens (including phenoxy) is 1. The second-order valence-corrected chi connectivity index (χ2v) is 11.2. The van der Waals surface area contributed by atoms with Crippen molar-refractivity contribution in [2.75, 3.05) is 12.0 Å². The number of pyridine rings is 1. The molecule has 0 unspecified atom stereocenters. The molecule has 38 heavy (non-hydrogen) atoms. The van der Waals surface area contributed by atoms with Gasteiger partial charge in [0, 0.05) is 29.9 Å². The van der Waals surface area contributed by atoms with Gasteiger partial charge < -0.3 is 10.5 Å². The average molecular weight is 537 g/mol. The Morgan fingerprint density at radius 1 is 1.13 bits per heavy atom. The number of anilines is 1. The molecule has 1 aliphatic rings. The number of carbonyl (C=O) groups excluding carboxylic acids is 1. The van der Waals surface area contributed by atoms with E-state index in [4.69, 9.17) is 10.5 Å². The second kappa shape index (κ2) is 9.49. The van der Waals surface area contributed by atoms with Crippen molar-refractivity contribution in [3.05, 3.63) is 99.9 Å². The molecular formula is C27H22F2N4O4S. The van der Waals surface area contributed by atoms with Crippen molar-refractivity contribution in [1.82, 2.24) is 14.8 Å². The van der Waals surface area contributed by atoms with Crippen LogP contribution >= 0.6 is 0 Å². The lowest BCUT2D eigenvalue weighted by molar-refractivity contribution is 0.103. The van der Waals surface area contributed by atoms with Crippen molar-refractivity contribution in [3.63, 3.8) is 0 Å². The van der Waals surface area contributed by atoms with E-state index in [0.717, 1.165) is 6.26 Å². The number of carbonyl (C=O) groups is 1. The number of rotatable bonds is 7. The number of Topliss-reactive ketones (excluding diaryl/α,β-unsaturated/α-hetero) is 1. The molecule has 2 heterocycles. The van der Waals surface area contributed by atoms with Crippen LogP contribution < -0.4 is 10.5 Å². The van der Waals surface area contributed by atoms with Crippen LogP contribution in [0.4, 0.5) is 14.6 Å². The average Bonchev–Trinajstić information content (AvgIpc) is 3.43. The zero-order valence-corrected chi connectivity index (χ0v) is 21.2. The van der Waals surface area contributed by atoms with E-state index in [9.17, 15) is 22.0 Å². The van der Waals surface area contributed by atoms with E-state index in [-0.39, 0.29) is 40.8 Å². The topological polar surface area (TPSA) is 117 Å². The van der Waals surface area contributed by atoms with Gasteiger partial charge in [0.25, 0.3) is 0 Å². The maximum Gasteiger partial charge on any atom is 0.219 e. The summed E-state index contributed by atoms with van der Waals surface area (Å²) in [7, 11) is -3.42. The van der Waals surface area contributed by atoms with Crippen LogP contribution in [0.3, 0.4) is 0 Å². The molecule has 2 aromatic heterocycles. The van der Waals surface area contributed by atoms with Gasteiger partial charge in [-0.2, -0.15) is 5.10 Å². The van der Waals surface area contributed by atoms with Crippen LogP contribution in [0.2, 0.25) is 0 Å². The van der Waals surface area contributed by atoms with Crippen LogP contribution in [0.5, 0.6) is 11.6 Å². The van der Waals surface area contributed by atoms with Gasteiger partial charge in [0.1, 0.15) is 23.2 Å². The fourth-order valence-corrected chi connectivity index (χ4v) is 5.06. The van der Waals surface area contributed by atoms with Crippen molar-refractivity contribution < 1.29 is 26.7 Å². The smallest absolute Gasteiger partial charge is 0.219 e. The summed E-state index contributed by atoms with van der Waals surface area (Å²) in [6, 6.07) is 9.93. The third-order valence-electron chi connectivity index (χ3n) is 6.10. The molecule has 2 aromatic carbocycles. The minimum absolute atomic E-state index is 0.0653. The van der Waals surface area contributed by atoms with E-state index in [1.54, 1.807) is 19.1 Å². The monoisotopic (exact) mass is 536 g/mol. The lowest BCUT2D eigenvalue weighted by atomic mass is 10.0. The van der Waals surface area contributed by atoms with Crippen LogP contribution in [0, 0.1) is 18.6 Å². The van der Waals surface area contributed by atoms with Crippen molar-refractivity contribution in [2.45, 2.75) is 19.1 Å². The zero-order chi connectivity index (χ0) is 27.2. The Morgan fingerprint density at radius 3 is 2.55 bits per heavy atom. The summed E-state index contributed by atoms with van der Waals surface area (Å²) < 4.78 is 57.9. The molecule has 0 atom stereocenters. The highest BCUT2D eigenvalue weighted by atomic mass is 32.2. The number of sulfone groups is 1. The van der Waals surface area contributed by atoms with E-state index < -0.39 is 21.4 Å². The normalized spacial score (nSPS) is 12.8. The standard InChI is InChI=1S/C27H22F2N4O4S/c1-15-7-25(37-21-5-3-20(28)4-6-21)31-13-24(15)33-27(30)22(12-32-33)26(34)18-8-16-10-19(14-38(2,35)36)23(29)11-17(16)9-18/h3-7,9-13H,8,14,30H2,1-2H3. The van der Waals surface area contributed by atoms with Crippen LogP contribution in [0.1, 0.15) is 32.6 Å². The molecular weight excluding hydrogens is 514 g/mol. The van der Waals surface area contributed by atoms with Crippen molar-refractivity contribution in [2.24, 2.45) is 0 Å². The summed E-state index contributed by atoms with van der Waals surface area (Å²) in [6.07, 6.45) is 5.70. The maximum atomic E-state index is 14.4. The first kappa shape index (κ1) is 25.3. The number of fused-ring (bicyclic) bond motifs is 1. The largest absolute Gasteiger partial charge is 0.439 e. The maximum absolute atomic E-state index is 14.4. The van der Waals surface area contributed by atoms with E-state index in [0.29, 0.717) is 33.7 Å². The van der Waals surface area contributed by atoms with Crippen molar-refractivity contribution >= 4 is 27.5 Å². The number of allylic oxidation sites excluding steroid dienone is 1. The quantitative estimate of drug-likeness (QED) is 0.343. The van der Waals surface area contributed by atoms with Gasteiger partial charge in [-0.05, 0) is 60.0 Å². The molecule has 0 aliphatic heterocycles. The molecule has 0 radical (unpaired) electrons. The molecule has 2 N–H and O–H groups in total. The van der Waals surface area contributed by atoms with Crippen molar-refractivity contribution in [3.8, 4) is 17.3 Å². The minimum atomic E-state index is -3.42. The molecule has 1 aliphatic carbocycles. The van der Waals surface area contributed by atoms with E-state index in [2.05, 4.69) is 10.1 Å². The fourth-order valence-electron chi connectivity index (χ4n) is 4.28. The number of hydrogen-bond acceptors (Lipinski definition) is 7. The Morgan fingerprint density at radius 2 is 1.87 bits per heavy atom. The first-order chi connectivity index (χ1) is 18.0. The molecule has 5 rings (SSSR count). The Kier molecular flexibility index (Phi) is 6.31. The Bertz CT molecular complexity index is 1730. The Hall–Kier alpha value is -4.38. The molecule has 194 valence electrons. The molecule has 0 spiro atoms. The first-order valence-electron chi connectivity index (χ1n) is 11.5. The molecule has 0 amide bonds. The molecule has 0 fully saturated rings. The highest BCUT2D eigenvalue weighted by Crippen LogP contribution is 2.32. The summed E-state index contributed by atoms with van der Waals surface area (Å²) in [5, 5.41) is 4.27. The van der Waals surface area contributed by atoms with Gasteiger partial charge in [0.15, 0.2) is 15.6 Å². The summed E-state index contributed by atoms with van der Waals surface area (Å²) in [5.41, 5.74) is 9.36. The van der Waals surface area contributed by atoms with Gasteiger partial charge in [0.2, 0.25) is 5.88 Å². The van der Waals surface area contributed by atoms with Gasteiger partial charge in [-0.15, -0.1) is 0 Å². The number of ketones is 1. The predicted molar refractivity (Wildman–Crippen MR) is 138 cm³/mol. The number of nitrogens with two attached hydrogens (primary N) is 1. The molecule has 4 aromatic rings. The second-order valence-electron chi connectivity index (χ2n) is 9.11. The predicted octanol–water partition coefficient (Wildman–Crippen LogP) is 4.60. The SMILES string of the molecule is Cc1cc(Oc2ccc(F)cc2)ncc1-n1ncc(C(=O)C2=Cc3cc(F)c(CS(C)(=O)=O)cc3C2)c1N. The zero-order valence-electron chi connectivity index (χ0n) is 20.4. The molecule has 0 saturated carbocycles. The molecule has 0 bridgehead atoms.